The van der Waals surface area contributed by atoms with Crippen molar-refractivity contribution < 1.29 is 21.6 Å². The summed E-state index contributed by atoms with van der Waals surface area (Å²) in [4.78, 5) is 13.0. The van der Waals surface area contributed by atoms with Gasteiger partial charge in [-0.05, 0) is 79.4 Å². The number of benzene rings is 5. The lowest BCUT2D eigenvalue weighted by atomic mass is 10.1. The third-order valence-electron chi connectivity index (χ3n) is 6.50. The van der Waals surface area contributed by atoms with Crippen LogP contribution in [0.3, 0.4) is 0 Å². The smallest absolute Gasteiger partial charge is 0.262 e. The monoisotopic (exact) mass is 585 g/mol. The zero-order valence-electron chi connectivity index (χ0n) is 22.3. The molecule has 0 aromatic heterocycles. The zero-order chi connectivity index (χ0) is 29.2. The summed E-state index contributed by atoms with van der Waals surface area (Å²) in [7, 11) is -7.84. The van der Waals surface area contributed by atoms with E-state index in [0.717, 1.165) is 16.3 Å². The van der Waals surface area contributed by atoms with Crippen molar-refractivity contribution in [2.75, 3.05) is 14.8 Å². The Balaban J connectivity index is 1.32. The number of carbonyl (C=O) groups is 1. The van der Waals surface area contributed by atoms with Crippen LogP contribution in [0.15, 0.2) is 119 Å². The summed E-state index contributed by atoms with van der Waals surface area (Å²) < 4.78 is 57.4. The second-order valence-electron chi connectivity index (χ2n) is 9.56. The molecule has 0 aliphatic carbocycles. The number of rotatable bonds is 8. The third-order valence-corrected chi connectivity index (χ3v) is 9.40. The summed E-state index contributed by atoms with van der Waals surface area (Å²) in [5.74, 6) is -0.540. The number of aryl methyl sites for hydroxylation is 2. The largest absolute Gasteiger partial charge is 0.322 e. The van der Waals surface area contributed by atoms with E-state index in [-0.39, 0.29) is 15.4 Å². The van der Waals surface area contributed by atoms with Gasteiger partial charge in [-0.1, -0.05) is 60.2 Å². The highest BCUT2D eigenvalue weighted by atomic mass is 32.2. The molecule has 0 atom stereocenters. The molecule has 3 N–H and O–H groups in total. The fourth-order valence-electron chi connectivity index (χ4n) is 4.30. The lowest BCUT2D eigenvalue weighted by molar-refractivity contribution is 0.102. The molecule has 0 heterocycles. The first-order chi connectivity index (χ1) is 19.5. The van der Waals surface area contributed by atoms with E-state index in [1.54, 1.807) is 49.4 Å². The summed E-state index contributed by atoms with van der Waals surface area (Å²) >= 11 is 0. The Morgan fingerprint density at radius 2 is 1.29 bits per heavy atom. The standard InChI is InChI=1S/C31H27N3O5S2/c1-21-10-14-26(15-11-21)33-41(38,39)30-20-24(13-12-22(30)2)31(35)32-25-16-18-27(19-17-25)40(36,37)34-29-9-5-7-23-6-3-4-8-28(23)29/h3-20,33-34H,1-2H3,(H,32,35). The van der Waals surface area contributed by atoms with Gasteiger partial charge in [-0.3, -0.25) is 14.2 Å². The number of fused-ring (bicyclic) bond motifs is 1. The molecule has 0 saturated heterocycles. The van der Waals surface area contributed by atoms with Crippen LogP contribution >= 0.6 is 0 Å². The first-order valence-electron chi connectivity index (χ1n) is 12.6. The molecule has 5 aromatic rings. The Morgan fingerprint density at radius 1 is 0.634 bits per heavy atom. The highest BCUT2D eigenvalue weighted by Gasteiger charge is 2.20. The molecule has 41 heavy (non-hydrogen) atoms. The molecule has 0 aliphatic rings. The second-order valence-corrected chi connectivity index (χ2v) is 12.9. The van der Waals surface area contributed by atoms with Gasteiger partial charge in [0.1, 0.15) is 0 Å². The number of anilines is 3. The van der Waals surface area contributed by atoms with Gasteiger partial charge in [0.05, 0.1) is 15.5 Å². The minimum atomic E-state index is -3.95. The Kier molecular flexibility index (Phi) is 7.53. The Morgan fingerprint density at radius 3 is 2.02 bits per heavy atom. The predicted octanol–water partition coefficient (Wildman–Crippen LogP) is 6.31. The average molecular weight is 586 g/mol. The van der Waals surface area contributed by atoms with Gasteiger partial charge in [0.2, 0.25) is 0 Å². The SMILES string of the molecule is Cc1ccc(NS(=O)(=O)c2cc(C(=O)Nc3ccc(S(=O)(=O)Nc4cccc5ccccc45)cc3)ccc2C)cc1. The van der Waals surface area contributed by atoms with E-state index in [1.807, 2.05) is 37.3 Å². The molecule has 5 rings (SSSR count). The normalized spacial score (nSPS) is 11.7. The van der Waals surface area contributed by atoms with Crippen LogP contribution < -0.4 is 14.8 Å². The van der Waals surface area contributed by atoms with Gasteiger partial charge in [0.15, 0.2) is 0 Å². The van der Waals surface area contributed by atoms with Crippen LogP contribution in [0.4, 0.5) is 17.1 Å². The summed E-state index contributed by atoms with van der Waals surface area (Å²) in [5.41, 5.74) is 2.83. The van der Waals surface area contributed by atoms with E-state index in [9.17, 15) is 21.6 Å². The molecule has 10 heteroatoms. The molecular formula is C31H27N3O5S2. The van der Waals surface area contributed by atoms with Crippen LogP contribution in [-0.4, -0.2) is 22.7 Å². The minimum absolute atomic E-state index is 0.0216. The number of hydrogen-bond donors (Lipinski definition) is 3. The van der Waals surface area contributed by atoms with Crippen LogP contribution in [0.1, 0.15) is 21.5 Å². The molecule has 0 spiro atoms. The van der Waals surface area contributed by atoms with Crippen molar-refractivity contribution in [2.45, 2.75) is 23.6 Å². The van der Waals surface area contributed by atoms with Crippen molar-refractivity contribution in [2.24, 2.45) is 0 Å². The van der Waals surface area contributed by atoms with E-state index in [0.29, 0.717) is 22.6 Å². The average Bonchev–Trinajstić information content (AvgIpc) is 2.94. The highest BCUT2D eigenvalue weighted by molar-refractivity contribution is 7.93. The zero-order valence-corrected chi connectivity index (χ0v) is 23.9. The third kappa shape index (κ3) is 6.24. The molecule has 0 aliphatic heterocycles. The van der Waals surface area contributed by atoms with Crippen LogP contribution in [0.2, 0.25) is 0 Å². The lowest BCUT2D eigenvalue weighted by Gasteiger charge is -2.13. The predicted molar refractivity (Wildman–Crippen MR) is 162 cm³/mol. The lowest BCUT2D eigenvalue weighted by Crippen LogP contribution is -2.17. The van der Waals surface area contributed by atoms with Gasteiger partial charge in [-0.25, -0.2) is 16.8 Å². The molecule has 1 amide bonds. The van der Waals surface area contributed by atoms with Crippen molar-refractivity contribution >= 4 is 53.8 Å². The van der Waals surface area contributed by atoms with E-state index in [2.05, 4.69) is 14.8 Å². The van der Waals surface area contributed by atoms with Gasteiger partial charge in [-0.15, -0.1) is 0 Å². The number of hydrogen-bond acceptors (Lipinski definition) is 5. The van der Waals surface area contributed by atoms with Crippen LogP contribution in [0.5, 0.6) is 0 Å². The Bertz CT molecular complexity index is 1970. The van der Waals surface area contributed by atoms with E-state index in [1.165, 1.54) is 36.4 Å². The van der Waals surface area contributed by atoms with Gasteiger partial charge < -0.3 is 5.32 Å². The Labute approximate surface area is 239 Å². The van der Waals surface area contributed by atoms with Crippen LogP contribution in [-0.2, 0) is 20.0 Å². The molecule has 0 bridgehead atoms. The van der Waals surface area contributed by atoms with Gasteiger partial charge in [0.25, 0.3) is 26.0 Å². The number of amides is 1. The fourth-order valence-corrected chi connectivity index (χ4v) is 6.71. The summed E-state index contributed by atoms with van der Waals surface area (Å²) in [5, 5.41) is 4.38. The van der Waals surface area contributed by atoms with Crippen molar-refractivity contribution in [3.8, 4) is 0 Å². The van der Waals surface area contributed by atoms with Crippen molar-refractivity contribution in [1.29, 1.82) is 0 Å². The number of sulfonamides is 2. The topological polar surface area (TPSA) is 121 Å². The van der Waals surface area contributed by atoms with E-state index >= 15 is 0 Å². The van der Waals surface area contributed by atoms with Crippen molar-refractivity contribution in [3.05, 3.63) is 126 Å². The maximum Gasteiger partial charge on any atom is 0.262 e. The van der Waals surface area contributed by atoms with Crippen molar-refractivity contribution in [1.82, 2.24) is 0 Å². The Hall–Kier alpha value is -4.67. The quantitative estimate of drug-likeness (QED) is 0.197. The molecule has 0 unspecified atom stereocenters. The summed E-state index contributed by atoms with van der Waals surface area (Å²) in [6.45, 7) is 3.55. The number of carbonyl (C=O) groups excluding carboxylic acids is 1. The highest BCUT2D eigenvalue weighted by Crippen LogP contribution is 2.26. The summed E-state index contributed by atoms with van der Waals surface area (Å²) in [6.07, 6.45) is 0. The van der Waals surface area contributed by atoms with E-state index in [4.69, 9.17) is 0 Å². The van der Waals surface area contributed by atoms with Crippen LogP contribution in [0, 0.1) is 13.8 Å². The van der Waals surface area contributed by atoms with E-state index < -0.39 is 26.0 Å². The molecule has 0 radical (unpaired) electrons. The fraction of sp³-hybridized carbons (Fsp3) is 0.0645. The summed E-state index contributed by atoms with van der Waals surface area (Å²) in [6, 6.07) is 29.9. The molecular weight excluding hydrogens is 558 g/mol. The molecule has 0 fully saturated rings. The maximum absolute atomic E-state index is 13.1. The molecule has 208 valence electrons. The van der Waals surface area contributed by atoms with Crippen molar-refractivity contribution in [3.63, 3.8) is 0 Å². The van der Waals surface area contributed by atoms with Gasteiger partial charge >= 0.3 is 0 Å². The van der Waals surface area contributed by atoms with Gasteiger partial charge in [0, 0.05) is 22.3 Å². The van der Waals surface area contributed by atoms with Gasteiger partial charge in [-0.2, -0.15) is 0 Å². The number of nitrogens with one attached hydrogen (secondary N) is 3. The van der Waals surface area contributed by atoms with Crippen LogP contribution in [0.25, 0.3) is 10.8 Å². The first kappa shape index (κ1) is 27.9. The molecule has 0 saturated carbocycles. The molecule has 8 nitrogen and oxygen atoms in total. The minimum Gasteiger partial charge on any atom is -0.322 e. The second kappa shape index (κ2) is 11.1. The first-order valence-corrected chi connectivity index (χ1v) is 15.6. The maximum atomic E-state index is 13.1. The molecule has 5 aromatic carbocycles.